The van der Waals surface area contributed by atoms with Crippen LogP contribution in [0.1, 0.15) is 44.0 Å². The first kappa shape index (κ1) is 26.3. The predicted octanol–water partition coefficient (Wildman–Crippen LogP) is 5.40. The number of anilines is 1. The smallest absolute Gasteiger partial charge is 0.323 e. The zero-order valence-electron chi connectivity index (χ0n) is 21.4. The van der Waals surface area contributed by atoms with Crippen molar-refractivity contribution in [3.63, 3.8) is 0 Å². The van der Waals surface area contributed by atoms with Crippen molar-refractivity contribution in [2.75, 3.05) is 11.9 Å². The number of benzene rings is 2. The molecule has 0 radical (unpaired) electrons. The van der Waals surface area contributed by atoms with Crippen LogP contribution in [0.3, 0.4) is 0 Å². The molecule has 0 unspecified atom stereocenters. The van der Waals surface area contributed by atoms with E-state index in [0.29, 0.717) is 38.9 Å². The van der Waals surface area contributed by atoms with E-state index in [1.54, 1.807) is 61.0 Å². The van der Waals surface area contributed by atoms with Crippen LogP contribution in [0.25, 0.3) is 15.9 Å². The number of fused-ring (bicyclic) bond motifs is 1. The maximum atomic E-state index is 13.8. The zero-order valence-corrected chi connectivity index (χ0v) is 23.0. The molecular formula is C28H24ClN5O4S. The van der Waals surface area contributed by atoms with Crippen molar-refractivity contribution in [3.05, 3.63) is 93.2 Å². The van der Waals surface area contributed by atoms with Crippen LogP contribution >= 0.6 is 22.9 Å². The number of ketones is 1. The number of rotatable bonds is 8. The number of aromatic nitrogens is 4. The van der Waals surface area contributed by atoms with E-state index in [-0.39, 0.29) is 24.0 Å². The molecule has 198 valence electrons. The van der Waals surface area contributed by atoms with Crippen LogP contribution in [0.15, 0.2) is 60.7 Å². The molecule has 0 bridgehead atoms. The van der Waals surface area contributed by atoms with Crippen molar-refractivity contribution in [2.45, 2.75) is 26.8 Å². The minimum atomic E-state index is -1.07. The largest absolute Gasteiger partial charge is 0.480 e. The lowest BCUT2D eigenvalue weighted by molar-refractivity contribution is -0.137. The first-order valence-corrected chi connectivity index (χ1v) is 13.3. The Labute approximate surface area is 232 Å². The third-order valence-corrected chi connectivity index (χ3v) is 8.01. The van der Waals surface area contributed by atoms with E-state index in [1.165, 1.54) is 20.8 Å². The van der Waals surface area contributed by atoms with Crippen molar-refractivity contribution in [3.8, 4) is 5.00 Å². The van der Waals surface area contributed by atoms with Crippen molar-refractivity contribution in [1.82, 2.24) is 19.3 Å². The SMILES string of the molecule is CCc1cc(C(=O)c2ccccc2Cl)c(-n2c(C)nnc2N(C)C(=O)c2cc3ccccc3n2CC(=O)O)s1. The normalized spacial score (nSPS) is 11.2. The fraction of sp³-hybridized carbons (Fsp3) is 0.179. The quantitative estimate of drug-likeness (QED) is 0.254. The molecule has 5 rings (SSSR count). The summed E-state index contributed by atoms with van der Waals surface area (Å²) in [4.78, 5) is 41.4. The molecule has 1 N–H and O–H groups in total. The molecule has 0 saturated carbocycles. The summed E-state index contributed by atoms with van der Waals surface area (Å²) in [6.45, 7) is 3.36. The van der Waals surface area contributed by atoms with Gasteiger partial charge in [0.1, 0.15) is 23.1 Å². The second kappa shape index (κ2) is 10.5. The minimum Gasteiger partial charge on any atom is -0.480 e. The number of hydrogen-bond donors (Lipinski definition) is 1. The maximum Gasteiger partial charge on any atom is 0.323 e. The van der Waals surface area contributed by atoms with E-state index in [2.05, 4.69) is 10.2 Å². The summed E-state index contributed by atoms with van der Waals surface area (Å²) in [6, 6.07) is 17.6. The van der Waals surface area contributed by atoms with Crippen LogP contribution in [0, 0.1) is 6.92 Å². The molecule has 0 saturated heterocycles. The fourth-order valence-corrected chi connectivity index (χ4v) is 5.84. The Morgan fingerprint density at radius 3 is 2.46 bits per heavy atom. The summed E-state index contributed by atoms with van der Waals surface area (Å²) < 4.78 is 3.15. The van der Waals surface area contributed by atoms with Crippen LogP contribution in [0.5, 0.6) is 0 Å². The highest BCUT2D eigenvalue weighted by Crippen LogP contribution is 2.34. The zero-order chi connectivity index (χ0) is 27.8. The minimum absolute atomic E-state index is 0.195. The molecule has 1 amide bonds. The number of nitrogens with zero attached hydrogens (tertiary/aromatic N) is 5. The van der Waals surface area contributed by atoms with Gasteiger partial charge >= 0.3 is 5.97 Å². The Bertz CT molecular complexity index is 1750. The Balaban J connectivity index is 1.61. The summed E-state index contributed by atoms with van der Waals surface area (Å²) in [7, 11) is 1.55. The Morgan fingerprint density at radius 1 is 1.03 bits per heavy atom. The lowest BCUT2D eigenvalue weighted by atomic mass is 10.0. The Kier molecular flexibility index (Phi) is 7.07. The Hall–Kier alpha value is -4.28. The molecule has 2 aromatic carbocycles. The van der Waals surface area contributed by atoms with Crippen molar-refractivity contribution in [2.24, 2.45) is 0 Å². The molecule has 0 fully saturated rings. The number of aliphatic carboxylic acids is 1. The summed E-state index contributed by atoms with van der Waals surface area (Å²) in [5, 5.41) is 19.7. The van der Waals surface area contributed by atoms with E-state index in [0.717, 1.165) is 10.3 Å². The number of thiophene rings is 1. The molecule has 39 heavy (non-hydrogen) atoms. The van der Waals surface area contributed by atoms with Gasteiger partial charge in [-0.15, -0.1) is 21.5 Å². The predicted molar refractivity (Wildman–Crippen MR) is 151 cm³/mol. The number of carboxylic acids is 1. The number of para-hydroxylation sites is 1. The average molecular weight is 562 g/mol. The topological polar surface area (TPSA) is 110 Å². The molecule has 3 heterocycles. The van der Waals surface area contributed by atoms with Gasteiger partial charge in [-0.2, -0.15) is 0 Å². The molecule has 0 aliphatic rings. The number of hydrogen-bond acceptors (Lipinski definition) is 6. The highest BCUT2D eigenvalue weighted by Gasteiger charge is 2.29. The highest BCUT2D eigenvalue weighted by atomic mass is 35.5. The van der Waals surface area contributed by atoms with Gasteiger partial charge in [-0.1, -0.05) is 48.9 Å². The van der Waals surface area contributed by atoms with Gasteiger partial charge in [0.25, 0.3) is 5.91 Å². The number of halogens is 1. The number of carbonyl (C=O) groups excluding carboxylic acids is 2. The van der Waals surface area contributed by atoms with Gasteiger partial charge in [0, 0.05) is 28.4 Å². The van der Waals surface area contributed by atoms with Gasteiger partial charge in [0.2, 0.25) is 5.95 Å². The van der Waals surface area contributed by atoms with E-state index in [1.807, 2.05) is 25.1 Å². The van der Waals surface area contributed by atoms with Gasteiger partial charge in [-0.05, 0) is 43.7 Å². The van der Waals surface area contributed by atoms with E-state index >= 15 is 0 Å². The summed E-state index contributed by atoms with van der Waals surface area (Å²) in [5.41, 5.74) is 1.62. The second-order valence-corrected chi connectivity index (χ2v) is 10.4. The lowest BCUT2D eigenvalue weighted by Crippen LogP contribution is -2.31. The van der Waals surface area contributed by atoms with Gasteiger partial charge in [0.15, 0.2) is 5.78 Å². The molecule has 0 aliphatic heterocycles. The molecular weight excluding hydrogens is 538 g/mol. The highest BCUT2D eigenvalue weighted by molar-refractivity contribution is 7.15. The van der Waals surface area contributed by atoms with Crippen molar-refractivity contribution in [1.29, 1.82) is 0 Å². The van der Waals surface area contributed by atoms with E-state index in [4.69, 9.17) is 11.6 Å². The molecule has 9 nitrogen and oxygen atoms in total. The van der Waals surface area contributed by atoms with Crippen LogP contribution in [0.2, 0.25) is 5.02 Å². The van der Waals surface area contributed by atoms with Crippen LogP contribution in [-0.4, -0.2) is 49.1 Å². The monoisotopic (exact) mass is 561 g/mol. The summed E-state index contributed by atoms with van der Waals surface area (Å²) in [6.07, 6.45) is 0.702. The first-order valence-electron chi connectivity index (χ1n) is 12.1. The number of aryl methyl sites for hydroxylation is 2. The molecule has 0 atom stereocenters. The van der Waals surface area contributed by atoms with Crippen molar-refractivity contribution < 1.29 is 19.5 Å². The van der Waals surface area contributed by atoms with Crippen molar-refractivity contribution >= 4 is 57.4 Å². The van der Waals surface area contributed by atoms with E-state index in [9.17, 15) is 19.5 Å². The molecule has 3 aromatic heterocycles. The van der Waals surface area contributed by atoms with Crippen LogP contribution in [0.4, 0.5) is 5.95 Å². The average Bonchev–Trinajstić information content (AvgIpc) is 3.62. The molecule has 11 heteroatoms. The summed E-state index contributed by atoms with van der Waals surface area (Å²) in [5.74, 6) is -1.11. The molecule has 0 aliphatic carbocycles. The fourth-order valence-electron chi connectivity index (χ4n) is 4.49. The number of carboxylic acid groups (broad SMARTS) is 1. The van der Waals surface area contributed by atoms with Gasteiger partial charge in [-0.3, -0.25) is 23.9 Å². The number of amides is 1. The van der Waals surface area contributed by atoms with Gasteiger partial charge < -0.3 is 9.67 Å². The number of carbonyl (C=O) groups is 3. The third-order valence-electron chi connectivity index (χ3n) is 6.41. The first-order chi connectivity index (χ1) is 18.7. The Morgan fingerprint density at radius 2 is 1.74 bits per heavy atom. The standard InChI is InChI=1S/C28H24ClN5O4S/c1-4-18-14-20(25(37)19-10-6-7-11-21(19)29)27(39-18)34-16(2)30-31-28(34)32(3)26(38)23-13-17-9-5-8-12-22(17)33(23)15-24(35)36/h5-14H,4,15H2,1-3H3,(H,35,36). The van der Waals surface area contributed by atoms with Crippen LogP contribution < -0.4 is 4.90 Å². The lowest BCUT2D eigenvalue weighted by Gasteiger charge is -2.19. The van der Waals surface area contributed by atoms with E-state index < -0.39 is 11.9 Å². The van der Waals surface area contributed by atoms with Gasteiger partial charge in [0.05, 0.1) is 10.6 Å². The molecule has 5 aromatic rings. The van der Waals surface area contributed by atoms with Crippen LogP contribution in [-0.2, 0) is 17.8 Å². The summed E-state index contributed by atoms with van der Waals surface area (Å²) >= 11 is 7.76. The second-order valence-electron chi connectivity index (χ2n) is 8.91. The maximum absolute atomic E-state index is 13.8. The third kappa shape index (κ3) is 4.73. The van der Waals surface area contributed by atoms with Gasteiger partial charge in [-0.25, -0.2) is 0 Å². The molecule has 0 spiro atoms.